The van der Waals surface area contributed by atoms with Crippen LogP contribution in [0.4, 0.5) is 0 Å². The second-order valence-electron chi connectivity index (χ2n) is 6.32. The van der Waals surface area contributed by atoms with E-state index < -0.39 is 0 Å². The predicted molar refractivity (Wildman–Crippen MR) is 77.7 cm³/mol. The Bertz CT molecular complexity index is 271. The lowest BCUT2D eigenvalue weighted by atomic mass is 10.1. The highest BCUT2D eigenvalue weighted by Crippen LogP contribution is 2.14. The van der Waals surface area contributed by atoms with Gasteiger partial charge in [0, 0.05) is 32.1 Å². The number of hydrogen-bond donors (Lipinski definition) is 1. The first-order valence-corrected chi connectivity index (χ1v) is 7.62. The van der Waals surface area contributed by atoms with E-state index in [2.05, 4.69) is 18.7 Å². The van der Waals surface area contributed by atoms with Crippen molar-refractivity contribution in [2.75, 3.05) is 26.2 Å². The van der Waals surface area contributed by atoms with Gasteiger partial charge in [0.05, 0.1) is 0 Å². The maximum absolute atomic E-state index is 11.9. The molecule has 0 aromatic rings. The first-order chi connectivity index (χ1) is 8.91. The number of hydrogen-bond acceptors (Lipinski definition) is 3. The van der Waals surface area contributed by atoms with Crippen LogP contribution in [0.2, 0.25) is 0 Å². The van der Waals surface area contributed by atoms with Gasteiger partial charge < -0.3 is 10.0 Å². The first kappa shape index (κ1) is 16.4. The van der Waals surface area contributed by atoms with Crippen LogP contribution in [0.1, 0.15) is 47.0 Å². The van der Waals surface area contributed by atoms with Crippen molar-refractivity contribution in [3.63, 3.8) is 0 Å². The van der Waals surface area contributed by atoms with Crippen LogP contribution in [-0.2, 0) is 4.79 Å². The largest absolute Gasteiger partial charge is 0.378 e. The van der Waals surface area contributed by atoms with Crippen LogP contribution in [0.3, 0.4) is 0 Å². The van der Waals surface area contributed by atoms with Crippen molar-refractivity contribution in [3.8, 4) is 0 Å². The molecular formula is C15H30N2O2. The lowest BCUT2D eigenvalue weighted by Gasteiger charge is -2.38. The van der Waals surface area contributed by atoms with Gasteiger partial charge in [-0.15, -0.1) is 0 Å². The molecule has 19 heavy (non-hydrogen) atoms. The SMILES string of the molecule is CC(C)CCCC(O)N1CCN(C(=O)C(C)C)CC1. The predicted octanol–water partition coefficient (Wildman–Crippen LogP) is 1.93. The zero-order chi connectivity index (χ0) is 14.4. The lowest BCUT2D eigenvalue weighted by Crippen LogP contribution is -2.52. The topological polar surface area (TPSA) is 43.8 Å². The van der Waals surface area contributed by atoms with E-state index in [0.717, 1.165) is 39.0 Å². The molecule has 1 N–H and O–H groups in total. The Kier molecular flexibility index (Phi) is 6.80. The molecule has 0 spiro atoms. The summed E-state index contributed by atoms with van der Waals surface area (Å²) in [5, 5.41) is 10.1. The average Bonchev–Trinajstić information content (AvgIpc) is 2.37. The number of aliphatic hydroxyl groups excluding tert-OH is 1. The molecule has 0 radical (unpaired) electrons. The van der Waals surface area contributed by atoms with Gasteiger partial charge in [-0.3, -0.25) is 9.69 Å². The average molecular weight is 270 g/mol. The van der Waals surface area contributed by atoms with Crippen LogP contribution < -0.4 is 0 Å². The summed E-state index contributed by atoms with van der Waals surface area (Å²) < 4.78 is 0. The van der Waals surface area contributed by atoms with Crippen molar-refractivity contribution in [1.29, 1.82) is 0 Å². The van der Waals surface area contributed by atoms with E-state index in [-0.39, 0.29) is 18.1 Å². The van der Waals surface area contributed by atoms with Gasteiger partial charge in [-0.2, -0.15) is 0 Å². The number of piperazine rings is 1. The van der Waals surface area contributed by atoms with E-state index in [1.54, 1.807) is 0 Å². The van der Waals surface area contributed by atoms with E-state index in [1.165, 1.54) is 6.42 Å². The third kappa shape index (κ3) is 5.49. The Balaban J connectivity index is 2.27. The normalized spacial score (nSPS) is 19.2. The minimum atomic E-state index is -0.338. The summed E-state index contributed by atoms with van der Waals surface area (Å²) in [6.45, 7) is 11.4. The van der Waals surface area contributed by atoms with Crippen molar-refractivity contribution in [3.05, 3.63) is 0 Å². The first-order valence-electron chi connectivity index (χ1n) is 7.62. The molecule has 112 valence electrons. The van der Waals surface area contributed by atoms with Gasteiger partial charge in [-0.05, 0) is 18.8 Å². The molecule has 1 unspecified atom stereocenters. The summed E-state index contributed by atoms with van der Waals surface area (Å²) in [7, 11) is 0. The molecule has 1 saturated heterocycles. The zero-order valence-electron chi connectivity index (χ0n) is 12.9. The molecule has 0 saturated carbocycles. The molecule has 1 atom stereocenters. The number of carbonyl (C=O) groups excluding carboxylic acids is 1. The van der Waals surface area contributed by atoms with Crippen molar-refractivity contribution in [1.82, 2.24) is 9.80 Å². The highest BCUT2D eigenvalue weighted by molar-refractivity contribution is 5.78. The lowest BCUT2D eigenvalue weighted by molar-refractivity contribution is -0.138. The van der Waals surface area contributed by atoms with Crippen molar-refractivity contribution in [2.24, 2.45) is 11.8 Å². The van der Waals surface area contributed by atoms with Crippen LogP contribution >= 0.6 is 0 Å². The quantitative estimate of drug-likeness (QED) is 0.802. The minimum absolute atomic E-state index is 0.0718. The maximum Gasteiger partial charge on any atom is 0.225 e. The molecule has 1 rings (SSSR count). The molecule has 1 fully saturated rings. The Hall–Kier alpha value is -0.610. The summed E-state index contributed by atoms with van der Waals surface area (Å²) >= 11 is 0. The molecule has 0 aromatic carbocycles. The summed E-state index contributed by atoms with van der Waals surface area (Å²) in [5.74, 6) is 1.00. The smallest absolute Gasteiger partial charge is 0.225 e. The second-order valence-corrected chi connectivity index (χ2v) is 6.32. The zero-order valence-corrected chi connectivity index (χ0v) is 12.9. The third-order valence-electron chi connectivity index (χ3n) is 3.79. The number of aliphatic hydroxyl groups is 1. The molecular weight excluding hydrogens is 240 g/mol. The van der Waals surface area contributed by atoms with E-state index in [4.69, 9.17) is 0 Å². The van der Waals surface area contributed by atoms with Crippen LogP contribution in [0.15, 0.2) is 0 Å². The number of amides is 1. The fourth-order valence-corrected chi connectivity index (χ4v) is 2.50. The van der Waals surface area contributed by atoms with E-state index in [9.17, 15) is 9.90 Å². The molecule has 1 aliphatic heterocycles. The van der Waals surface area contributed by atoms with E-state index in [1.807, 2.05) is 18.7 Å². The van der Waals surface area contributed by atoms with Crippen molar-refractivity contribution in [2.45, 2.75) is 53.2 Å². The summed E-state index contributed by atoms with van der Waals surface area (Å²) in [4.78, 5) is 15.9. The number of nitrogens with zero attached hydrogens (tertiary/aromatic N) is 2. The highest BCUT2D eigenvalue weighted by atomic mass is 16.3. The maximum atomic E-state index is 11.9. The Morgan fingerprint density at radius 2 is 1.63 bits per heavy atom. The fraction of sp³-hybridized carbons (Fsp3) is 0.933. The van der Waals surface area contributed by atoms with Gasteiger partial charge >= 0.3 is 0 Å². The van der Waals surface area contributed by atoms with E-state index >= 15 is 0 Å². The molecule has 0 bridgehead atoms. The molecule has 1 amide bonds. The van der Waals surface area contributed by atoms with Gasteiger partial charge in [0.25, 0.3) is 0 Å². The molecule has 4 nitrogen and oxygen atoms in total. The van der Waals surface area contributed by atoms with Crippen LogP contribution in [0.25, 0.3) is 0 Å². The van der Waals surface area contributed by atoms with Gasteiger partial charge in [0.1, 0.15) is 6.23 Å². The molecule has 1 aliphatic rings. The van der Waals surface area contributed by atoms with Gasteiger partial charge in [-0.25, -0.2) is 0 Å². The van der Waals surface area contributed by atoms with Crippen LogP contribution in [0, 0.1) is 11.8 Å². The molecule has 1 heterocycles. The van der Waals surface area contributed by atoms with Gasteiger partial charge in [0.2, 0.25) is 5.91 Å². The van der Waals surface area contributed by atoms with Crippen LogP contribution in [0.5, 0.6) is 0 Å². The molecule has 0 aliphatic carbocycles. The van der Waals surface area contributed by atoms with Gasteiger partial charge in [-0.1, -0.05) is 34.1 Å². The van der Waals surface area contributed by atoms with Crippen LogP contribution in [-0.4, -0.2) is 53.2 Å². The minimum Gasteiger partial charge on any atom is -0.378 e. The second kappa shape index (κ2) is 7.85. The standard InChI is InChI=1S/C15H30N2O2/c1-12(2)6-5-7-14(18)16-8-10-17(11-9-16)15(19)13(3)4/h12-14,18H,5-11H2,1-4H3. The fourth-order valence-electron chi connectivity index (χ4n) is 2.50. The Morgan fingerprint density at radius 3 is 2.11 bits per heavy atom. The van der Waals surface area contributed by atoms with Crippen molar-refractivity contribution < 1.29 is 9.90 Å². The summed E-state index contributed by atoms with van der Waals surface area (Å²) in [5.41, 5.74) is 0. The number of rotatable bonds is 6. The Morgan fingerprint density at radius 1 is 1.05 bits per heavy atom. The third-order valence-corrected chi connectivity index (χ3v) is 3.79. The summed E-state index contributed by atoms with van der Waals surface area (Å²) in [6.07, 6.45) is 2.75. The summed E-state index contributed by atoms with van der Waals surface area (Å²) in [6, 6.07) is 0. The monoisotopic (exact) mass is 270 g/mol. The molecule has 4 heteroatoms. The molecule has 0 aromatic heterocycles. The highest BCUT2D eigenvalue weighted by Gasteiger charge is 2.25. The number of carbonyl (C=O) groups is 1. The van der Waals surface area contributed by atoms with Crippen molar-refractivity contribution >= 4 is 5.91 Å². The Labute approximate surface area is 117 Å². The van der Waals surface area contributed by atoms with E-state index in [0.29, 0.717) is 5.92 Å². The van der Waals surface area contributed by atoms with Gasteiger partial charge in [0.15, 0.2) is 0 Å².